The number of rotatable bonds is 9. The molecule has 3 rings (SSSR count). The molecule has 0 spiro atoms. The van der Waals surface area contributed by atoms with Gasteiger partial charge in [-0.3, -0.25) is 9.59 Å². The Morgan fingerprint density at radius 1 is 0.889 bits per heavy atom. The summed E-state index contributed by atoms with van der Waals surface area (Å²) in [6, 6.07) is 20.8. The van der Waals surface area contributed by atoms with Crippen LogP contribution < -0.4 is 10.1 Å². The minimum Gasteiger partial charge on any atom is -0.482 e. The van der Waals surface area contributed by atoms with Crippen molar-refractivity contribution in [1.82, 2.24) is 10.2 Å². The molecule has 0 aliphatic heterocycles. The number of carbonyl (C=O) groups excluding carboxylic acids is 2. The molecule has 2 amide bonds. The summed E-state index contributed by atoms with van der Waals surface area (Å²) in [6.07, 6.45) is 0.337. The van der Waals surface area contributed by atoms with Crippen LogP contribution in [0.15, 0.2) is 72.8 Å². The van der Waals surface area contributed by atoms with E-state index >= 15 is 0 Å². The van der Waals surface area contributed by atoms with E-state index in [0.717, 1.165) is 11.1 Å². The van der Waals surface area contributed by atoms with Crippen molar-refractivity contribution in [2.45, 2.75) is 45.3 Å². The van der Waals surface area contributed by atoms with E-state index in [1.807, 2.05) is 63.2 Å². The van der Waals surface area contributed by atoms with E-state index in [2.05, 4.69) is 5.32 Å². The lowest BCUT2D eigenvalue weighted by Gasteiger charge is -2.33. The fourth-order valence-corrected chi connectivity index (χ4v) is 4.20. The van der Waals surface area contributed by atoms with Crippen molar-refractivity contribution >= 4 is 46.6 Å². The third-order valence-corrected chi connectivity index (χ3v) is 6.06. The predicted molar refractivity (Wildman–Crippen MR) is 146 cm³/mol. The average molecular weight is 548 g/mol. The number of benzene rings is 3. The lowest BCUT2D eigenvalue weighted by molar-refractivity contribution is -0.143. The van der Waals surface area contributed by atoms with Crippen LogP contribution in [0, 0.1) is 0 Å². The van der Waals surface area contributed by atoms with E-state index in [0.29, 0.717) is 27.2 Å². The standard InChI is InChI=1S/C28H29Cl3N2O3/c1-28(2,3)32-27(35)24(15-19-7-5-4-6-8-19)33(17-20-9-11-21(29)12-10-20)26(34)18-36-25-14-13-22(30)16-23(25)31/h4-14,16,24H,15,17-18H2,1-3H3,(H,32,35). The first-order valence-corrected chi connectivity index (χ1v) is 12.6. The molecule has 1 atom stereocenters. The van der Waals surface area contributed by atoms with Crippen LogP contribution >= 0.6 is 34.8 Å². The van der Waals surface area contributed by atoms with Crippen LogP contribution in [0.1, 0.15) is 31.9 Å². The minimum atomic E-state index is -0.779. The summed E-state index contributed by atoms with van der Waals surface area (Å²) in [5.41, 5.74) is 1.29. The molecule has 0 saturated carbocycles. The van der Waals surface area contributed by atoms with Crippen molar-refractivity contribution in [3.63, 3.8) is 0 Å². The van der Waals surface area contributed by atoms with Crippen LogP contribution in [0.4, 0.5) is 0 Å². The van der Waals surface area contributed by atoms with Gasteiger partial charge in [-0.1, -0.05) is 77.3 Å². The summed E-state index contributed by atoms with van der Waals surface area (Å²) in [4.78, 5) is 28.7. The van der Waals surface area contributed by atoms with Crippen molar-refractivity contribution in [2.75, 3.05) is 6.61 Å². The zero-order valence-corrected chi connectivity index (χ0v) is 22.7. The number of halogens is 3. The zero-order valence-electron chi connectivity index (χ0n) is 20.4. The second kappa shape index (κ2) is 12.5. The molecule has 5 nitrogen and oxygen atoms in total. The summed E-state index contributed by atoms with van der Waals surface area (Å²) >= 11 is 18.2. The van der Waals surface area contributed by atoms with Gasteiger partial charge >= 0.3 is 0 Å². The number of hydrogen-bond donors (Lipinski definition) is 1. The number of nitrogens with zero attached hydrogens (tertiary/aromatic N) is 1. The van der Waals surface area contributed by atoms with Gasteiger partial charge in [-0.25, -0.2) is 0 Å². The van der Waals surface area contributed by atoms with Gasteiger partial charge in [-0.15, -0.1) is 0 Å². The molecule has 1 N–H and O–H groups in total. The molecule has 3 aromatic rings. The van der Waals surface area contributed by atoms with Crippen molar-refractivity contribution in [2.24, 2.45) is 0 Å². The quantitative estimate of drug-likeness (QED) is 0.329. The third-order valence-electron chi connectivity index (χ3n) is 5.28. The Balaban J connectivity index is 1.93. The highest BCUT2D eigenvalue weighted by Crippen LogP contribution is 2.27. The number of hydrogen-bond acceptors (Lipinski definition) is 3. The van der Waals surface area contributed by atoms with Gasteiger partial charge in [-0.2, -0.15) is 0 Å². The highest BCUT2D eigenvalue weighted by Gasteiger charge is 2.32. The molecule has 8 heteroatoms. The second-order valence-corrected chi connectivity index (χ2v) is 10.7. The molecule has 0 saturated heterocycles. The first kappa shape index (κ1) is 27.9. The van der Waals surface area contributed by atoms with Gasteiger partial charge in [0.15, 0.2) is 6.61 Å². The summed E-state index contributed by atoms with van der Waals surface area (Å²) < 4.78 is 5.74. The lowest BCUT2D eigenvalue weighted by Crippen LogP contribution is -2.55. The maximum Gasteiger partial charge on any atom is 0.261 e. The Hall–Kier alpha value is -2.73. The van der Waals surface area contributed by atoms with Crippen molar-refractivity contribution in [1.29, 1.82) is 0 Å². The van der Waals surface area contributed by atoms with E-state index in [1.54, 1.807) is 35.2 Å². The molecule has 0 aromatic heterocycles. The van der Waals surface area contributed by atoms with Gasteiger partial charge in [-0.05, 0) is 62.2 Å². The maximum absolute atomic E-state index is 13.6. The normalized spacial score (nSPS) is 12.1. The Morgan fingerprint density at radius 3 is 2.14 bits per heavy atom. The van der Waals surface area contributed by atoms with Crippen molar-refractivity contribution in [3.8, 4) is 5.75 Å². The van der Waals surface area contributed by atoms with E-state index in [4.69, 9.17) is 39.5 Å². The molecule has 1 unspecified atom stereocenters. The monoisotopic (exact) mass is 546 g/mol. The first-order valence-electron chi connectivity index (χ1n) is 11.5. The van der Waals surface area contributed by atoms with Gasteiger partial charge in [0.05, 0.1) is 5.02 Å². The van der Waals surface area contributed by atoms with Gasteiger partial charge in [0.25, 0.3) is 5.91 Å². The molecular formula is C28H29Cl3N2O3. The van der Waals surface area contributed by atoms with E-state index in [1.165, 1.54) is 0 Å². The lowest BCUT2D eigenvalue weighted by atomic mass is 10.0. The molecule has 0 fully saturated rings. The number of amides is 2. The van der Waals surface area contributed by atoms with Crippen LogP contribution in [-0.2, 0) is 22.6 Å². The Kier molecular flexibility index (Phi) is 9.66. The summed E-state index contributed by atoms with van der Waals surface area (Å²) in [7, 11) is 0. The van der Waals surface area contributed by atoms with Crippen LogP contribution in [0.5, 0.6) is 5.75 Å². The van der Waals surface area contributed by atoms with Crippen LogP contribution in [0.25, 0.3) is 0 Å². The molecule has 0 aliphatic carbocycles. The minimum absolute atomic E-state index is 0.197. The fraction of sp³-hybridized carbons (Fsp3) is 0.286. The van der Waals surface area contributed by atoms with Gasteiger partial charge in [0.2, 0.25) is 5.91 Å². The SMILES string of the molecule is CC(C)(C)NC(=O)C(Cc1ccccc1)N(Cc1ccc(Cl)cc1)C(=O)COc1ccc(Cl)cc1Cl. The molecule has 0 heterocycles. The number of nitrogens with one attached hydrogen (secondary N) is 1. The van der Waals surface area contributed by atoms with Gasteiger partial charge in [0.1, 0.15) is 11.8 Å². The molecular weight excluding hydrogens is 519 g/mol. The summed E-state index contributed by atoms with van der Waals surface area (Å²) in [6.45, 7) is 5.61. The largest absolute Gasteiger partial charge is 0.482 e. The highest BCUT2D eigenvalue weighted by molar-refractivity contribution is 6.35. The van der Waals surface area contributed by atoms with E-state index < -0.39 is 11.6 Å². The smallest absolute Gasteiger partial charge is 0.261 e. The van der Waals surface area contributed by atoms with Crippen LogP contribution in [-0.4, -0.2) is 34.9 Å². The van der Waals surface area contributed by atoms with Gasteiger partial charge in [0, 0.05) is 28.5 Å². The molecule has 0 bridgehead atoms. The molecule has 190 valence electrons. The highest BCUT2D eigenvalue weighted by atomic mass is 35.5. The Bertz CT molecular complexity index is 1180. The fourth-order valence-electron chi connectivity index (χ4n) is 3.61. The third kappa shape index (κ3) is 8.44. The molecule has 0 aliphatic rings. The summed E-state index contributed by atoms with van der Waals surface area (Å²) in [5, 5.41) is 4.37. The number of ether oxygens (including phenoxy) is 1. The molecule has 36 heavy (non-hydrogen) atoms. The Morgan fingerprint density at radius 2 is 1.53 bits per heavy atom. The maximum atomic E-state index is 13.6. The first-order chi connectivity index (χ1) is 17.0. The molecule has 0 radical (unpaired) electrons. The van der Waals surface area contributed by atoms with Crippen molar-refractivity contribution < 1.29 is 14.3 Å². The topological polar surface area (TPSA) is 58.6 Å². The van der Waals surface area contributed by atoms with Crippen molar-refractivity contribution in [3.05, 3.63) is 99.0 Å². The van der Waals surface area contributed by atoms with Gasteiger partial charge < -0.3 is 15.0 Å². The van der Waals surface area contributed by atoms with Crippen LogP contribution in [0.2, 0.25) is 15.1 Å². The van der Waals surface area contributed by atoms with E-state index in [-0.39, 0.29) is 25.0 Å². The van der Waals surface area contributed by atoms with Crippen LogP contribution in [0.3, 0.4) is 0 Å². The summed E-state index contributed by atoms with van der Waals surface area (Å²) in [5.74, 6) is -0.279. The van der Waals surface area contributed by atoms with E-state index in [9.17, 15) is 9.59 Å². The number of carbonyl (C=O) groups is 2. The Labute approximate surface area is 227 Å². The second-order valence-electron chi connectivity index (χ2n) is 9.46. The average Bonchev–Trinajstić information content (AvgIpc) is 2.81. The molecule has 3 aromatic carbocycles. The zero-order chi connectivity index (χ0) is 26.3. The predicted octanol–water partition coefficient (Wildman–Crippen LogP) is 6.58.